The van der Waals surface area contributed by atoms with Crippen molar-refractivity contribution in [3.8, 4) is 17.0 Å². The number of nitrogens with zero attached hydrogens (tertiary/aromatic N) is 1. The van der Waals surface area contributed by atoms with E-state index in [1.807, 2.05) is 0 Å². The minimum Gasteiger partial charge on any atom is -0.508 e. The Labute approximate surface area is 166 Å². The second-order valence-corrected chi connectivity index (χ2v) is 6.15. The molecule has 0 bridgehead atoms. The highest BCUT2D eigenvalue weighted by molar-refractivity contribution is 6.05. The Balaban J connectivity index is 1.83. The Morgan fingerprint density at radius 1 is 1.03 bits per heavy atom. The fraction of sp³-hybridized carbons (Fsp3) is 0.143. The molecule has 1 heterocycles. The smallest absolute Gasteiger partial charge is 0.339 e. The molecule has 0 aliphatic rings. The third-order valence-corrected chi connectivity index (χ3v) is 4.16. The molecule has 0 atom stereocenters. The lowest BCUT2D eigenvalue weighted by atomic mass is 10.0. The Hall–Kier alpha value is -3.94. The summed E-state index contributed by atoms with van der Waals surface area (Å²) in [6.07, 6.45) is 0. The highest BCUT2D eigenvalue weighted by Gasteiger charge is 2.16. The summed E-state index contributed by atoms with van der Waals surface area (Å²) in [4.78, 5) is 40.1. The number of pyridine rings is 1. The fourth-order valence-electron chi connectivity index (χ4n) is 2.65. The largest absolute Gasteiger partial charge is 0.508 e. The van der Waals surface area contributed by atoms with Crippen LogP contribution in [0.2, 0.25) is 0 Å². The molecule has 148 valence electrons. The summed E-state index contributed by atoms with van der Waals surface area (Å²) < 4.78 is 5.12. The topological polar surface area (TPSA) is 118 Å². The van der Waals surface area contributed by atoms with Crippen molar-refractivity contribution in [2.45, 2.75) is 0 Å². The van der Waals surface area contributed by atoms with Gasteiger partial charge in [-0.1, -0.05) is 18.2 Å². The maximum Gasteiger partial charge on any atom is 0.339 e. The number of nitrogens with one attached hydrogen (secondary N) is 2. The molecule has 2 aromatic carbocycles. The number of hydrogen-bond donors (Lipinski definition) is 3. The first-order valence-corrected chi connectivity index (χ1v) is 8.81. The molecule has 0 aliphatic heterocycles. The number of aromatic hydroxyl groups is 1. The van der Waals surface area contributed by atoms with E-state index in [0.29, 0.717) is 22.2 Å². The molecule has 8 nitrogen and oxygen atoms in total. The van der Waals surface area contributed by atoms with E-state index in [4.69, 9.17) is 4.74 Å². The number of carbonyl (C=O) groups excluding carboxylic acids is 3. The maximum atomic E-state index is 12.6. The quantitative estimate of drug-likeness (QED) is 0.548. The summed E-state index contributed by atoms with van der Waals surface area (Å²) in [6.45, 7) is -0.711. The van der Waals surface area contributed by atoms with Crippen LogP contribution in [-0.2, 0) is 14.3 Å². The summed E-state index contributed by atoms with van der Waals surface area (Å²) in [6, 6.07) is 15.1. The second kappa shape index (κ2) is 8.83. The predicted octanol–water partition coefficient (Wildman–Crippen LogP) is 1.63. The zero-order valence-corrected chi connectivity index (χ0v) is 15.6. The molecule has 0 radical (unpaired) electrons. The number of phenols is 1. The van der Waals surface area contributed by atoms with Gasteiger partial charge >= 0.3 is 5.97 Å². The summed E-state index contributed by atoms with van der Waals surface area (Å²) in [7, 11) is 1.45. The normalized spacial score (nSPS) is 10.4. The number of benzene rings is 2. The van der Waals surface area contributed by atoms with Gasteiger partial charge in [0.1, 0.15) is 5.75 Å². The van der Waals surface area contributed by atoms with Crippen LogP contribution in [0.4, 0.5) is 0 Å². The molecule has 3 aromatic rings. The third kappa shape index (κ3) is 4.86. The van der Waals surface area contributed by atoms with Crippen LogP contribution in [0, 0.1) is 0 Å². The number of hydrogen-bond acceptors (Lipinski definition) is 6. The number of likely N-dealkylation sites (N-methyl/N-ethyl adjacent to an activating group) is 1. The lowest BCUT2D eigenvalue weighted by Gasteiger charge is -2.10. The van der Waals surface area contributed by atoms with Gasteiger partial charge in [0.05, 0.1) is 23.3 Å². The van der Waals surface area contributed by atoms with Gasteiger partial charge in [0.2, 0.25) is 5.91 Å². The summed E-state index contributed by atoms with van der Waals surface area (Å²) in [5, 5.41) is 14.8. The highest BCUT2D eigenvalue weighted by Crippen LogP contribution is 2.26. The van der Waals surface area contributed by atoms with Crippen molar-refractivity contribution in [2.75, 3.05) is 20.2 Å². The van der Waals surface area contributed by atoms with Gasteiger partial charge in [0, 0.05) is 18.0 Å². The van der Waals surface area contributed by atoms with E-state index in [0.717, 1.165) is 0 Å². The van der Waals surface area contributed by atoms with Crippen molar-refractivity contribution >= 4 is 28.7 Å². The summed E-state index contributed by atoms with van der Waals surface area (Å²) in [5.41, 5.74) is 2.09. The van der Waals surface area contributed by atoms with E-state index in [1.165, 1.54) is 19.2 Å². The number of phenolic OH excluding ortho intramolecular Hbond substituents is 1. The molecule has 0 saturated carbocycles. The predicted molar refractivity (Wildman–Crippen MR) is 106 cm³/mol. The summed E-state index contributed by atoms with van der Waals surface area (Å²) in [5.74, 6) is -1.50. The van der Waals surface area contributed by atoms with Crippen LogP contribution in [0.3, 0.4) is 0 Å². The number of amides is 2. The van der Waals surface area contributed by atoms with Gasteiger partial charge in [-0.15, -0.1) is 0 Å². The molecule has 0 spiro atoms. The fourth-order valence-corrected chi connectivity index (χ4v) is 2.65. The van der Waals surface area contributed by atoms with Crippen LogP contribution in [-0.4, -0.2) is 48.1 Å². The van der Waals surface area contributed by atoms with Crippen LogP contribution < -0.4 is 10.6 Å². The first-order valence-electron chi connectivity index (χ1n) is 8.81. The van der Waals surface area contributed by atoms with E-state index in [1.54, 1.807) is 42.5 Å². The number of rotatable bonds is 6. The van der Waals surface area contributed by atoms with E-state index in [9.17, 15) is 19.5 Å². The average molecular weight is 393 g/mol. The van der Waals surface area contributed by atoms with Crippen LogP contribution in [0.1, 0.15) is 10.4 Å². The standard InChI is InChI=1S/C21H19N3O5/c1-22-19(26)11-23-20(27)12-29-21(28)16-10-18(13-6-8-14(25)9-7-13)24-17-5-3-2-4-15(16)17/h2-10,25H,11-12H2,1H3,(H,22,26)(H,23,27). The Kier molecular flexibility index (Phi) is 6.03. The first kappa shape index (κ1) is 19.8. The molecule has 0 fully saturated rings. The molecular formula is C21H19N3O5. The number of carbonyl (C=O) groups is 3. The van der Waals surface area contributed by atoms with Crippen LogP contribution in [0.25, 0.3) is 22.2 Å². The molecule has 2 amide bonds. The monoisotopic (exact) mass is 393 g/mol. The van der Waals surface area contributed by atoms with E-state index < -0.39 is 18.5 Å². The van der Waals surface area contributed by atoms with Crippen molar-refractivity contribution in [2.24, 2.45) is 0 Å². The highest BCUT2D eigenvalue weighted by atomic mass is 16.5. The zero-order chi connectivity index (χ0) is 20.8. The summed E-state index contributed by atoms with van der Waals surface area (Å²) >= 11 is 0. The van der Waals surface area contributed by atoms with Gasteiger partial charge in [0.15, 0.2) is 6.61 Å². The number of fused-ring (bicyclic) bond motifs is 1. The SMILES string of the molecule is CNC(=O)CNC(=O)COC(=O)c1cc(-c2ccc(O)cc2)nc2ccccc12. The molecule has 0 unspecified atom stereocenters. The molecule has 0 aliphatic carbocycles. The van der Waals surface area contributed by atoms with Crippen molar-refractivity contribution in [1.29, 1.82) is 0 Å². The molecule has 0 saturated heterocycles. The molecule has 3 rings (SSSR count). The molecule has 1 aromatic heterocycles. The van der Waals surface area contributed by atoms with Crippen molar-refractivity contribution in [3.63, 3.8) is 0 Å². The maximum absolute atomic E-state index is 12.6. The van der Waals surface area contributed by atoms with Gasteiger partial charge < -0.3 is 20.5 Å². The number of esters is 1. The minimum atomic E-state index is -0.682. The van der Waals surface area contributed by atoms with Crippen LogP contribution in [0.5, 0.6) is 5.75 Å². The molecular weight excluding hydrogens is 374 g/mol. The van der Waals surface area contributed by atoms with Gasteiger partial charge in [-0.2, -0.15) is 0 Å². The lowest BCUT2D eigenvalue weighted by molar-refractivity contribution is -0.127. The first-order chi connectivity index (χ1) is 14.0. The lowest BCUT2D eigenvalue weighted by Crippen LogP contribution is -2.37. The van der Waals surface area contributed by atoms with Gasteiger partial charge in [-0.3, -0.25) is 9.59 Å². The Morgan fingerprint density at radius 2 is 1.76 bits per heavy atom. The van der Waals surface area contributed by atoms with E-state index >= 15 is 0 Å². The average Bonchev–Trinajstić information content (AvgIpc) is 2.75. The molecule has 29 heavy (non-hydrogen) atoms. The Morgan fingerprint density at radius 3 is 2.48 bits per heavy atom. The van der Waals surface area contributed by atoms with Crippen molar-refractivity contribution < 1.29 is 24.2 Å². The number of aromatic nitrogens is 1. The molecule has 8 heteroatoms. The number of ether oxygens (including phenoxy) is 1. The van der Waals surface area contributed by atoms with Crippen molar-refractivity contribution in [3.05, 3.63) is 60.2 Å². The minimum absolute atomic E-state index is 0.122. The van der Waals surface area contributed by atoms with Crippen LogP contribution >= 0.6 is 0 Å². The van der Waals surface area contributed by atoms with Gasteiger partial charge in [-0.25, -0.2) is 9.78 Å². The number of para-hydroxylation sites is 1. The zero-order valence-electron chi connectivity index (χ0n) is 15.6. The van der Waals surface area contributed by atoms with E-state index in [2.05, 4.69) is 15.6 Å². The van der Waals surface area contributed by atoms with Gasteiger partial charge in [-0.05, 0) is 36.4 Å². The second-order valence-electron chi connectivity index (χ2n) is 6.15. The van der Waals surface area contributed by atoms with Gasteiger partial charge in [0.25, 0.3) is 5.91 Å². The van der Waals surface area contributed by atoms with Crippen molar-refractivity contribution in [1.82, 2.24) is 15.6 Å². The van der Waals surface area contributed by atoms with E-state index in [-0.39, 0.29) is 23.8 Å². The molecule has 3 N–H and O–H groups in total. The van der Waals surface area contributed by atoms with Crippen LogP contribution in [0.15, 0.2) is 54.6 Å². The third-order valence-electron chi connectivity index (χ3n) is 4.16. The Bertz CT molecular complexity index is 1060.